The minimum Gasteiger partial charge on any atom is -0.446 e. The molecule has 3 atom stereocenters. The molecule has 1 saturated carbocycles. The van der Waals surface area contributed by atoms with Crippen LogP contribution < -0.4 is 5.32 Å². The van der Waals surface area contributed by atoms with Crippen LogP contribution >= 0.6 is 0 Å². The SMILES string of the molecule is COCCNC(=O)OC1CC(C)CCC1CC(C)C. The average molecular weight is 271 g/mol. The maximum absolute atomic E-state index is 11.7. The molecule has 0 heterocycles. The standard InChI is InChI=1S/C15H29NO3/c1-11(2)9-13-6-5-12(3)10-14(13)19-15(17)16-7-8-18-4/h11-14H,5-10H2,1-4H3,(H,16,17). The normalized spacial score (nSPS) is 27.3. The van der Waals surface area contributed by atoms with E-state index in [4.69, 9.17) is 9.47 Å². The molecule has 0 radical (unpaired) electrons. The lowest BCUT2D eigenvalue weighted by atomic mass is 9.77. The molecule has 0 aromatic heterocycles. The van der Waals surface area contributed by atoms with Gasteiger partial charge in [0, 0.05) is 13.7 Å². The minimum absolute atomic E-state index is 0.0775. The number of nitrogens with one attached hydrogen (secondary N) is 1. The van der Waals surface area contributed by atoms with Gasteiger partial charge in [0.1, 0.15) is 6.10 Å². The molecular weight excluding hydrogens is 242 g/mol. The van der Waals surface area contributed by atoms with Crippen LogP contribution in [0.5, 0.6) is 0 Å². The van der Waals surface area contributed by atoms with Gasteiger partial charge in [0.2, 0.25) is 0 Å². The van der Waals surface area contributed by atoms with Crippen LogP contribution in [-0.2, 0) is 9.47 Å². The second kappa shape index (κ2) is 8.41. The predicted octanol–water partition coefficient (Wildman–Crippen LogP) is 3.21. The Morgan fingerprint density at radius 1 is 1.37 bits per heavy atom. The van der Waals surface area contributed by atoms with Crippen molar-refractivity contribution in [2.75, 3.05) is 20.3 Å². The highest BCUT2D eigenvalue weighted by Gasteiger charge is 2.31. The highest BCUT2D eigenvalue weighted by molar-refractivity contribution is 5.67. The molecule has 19 heavy (non-hydrogen) atoms. The van der Waals surface area contributed by atoms with Crippen LogP contribution in [0.1, 0.15) is 46.5 Å². The molecule has 1 amide bonds. The number of carbonyl (C=O) groups is 1. The fourth-order valence-electron chi connectivity index (χ4n) is 2.85. The summed E-state index contributed by atoms with van der Waals surface area (Å²) in [6.07, 6.45) is 4.34. The maximum Gasteiger partial charge on any atom is 0.407 e. The van der Waals surface area contributed by atoms with Gasteiger partial charge in [0.15, 0.2) is 0 Å². The highest BCUT2D eigenvalue weighted by Crippen LogP contribution is 2.34. The fraction of sp³-hybridized carbons (Fsp3) is 0.933. The number of methoxy groups -OCH3 is 1. The Labute approximate surface area is 117 Å². The van der Waals surface area contributed by atoms with Crippen molar-refractivity contribution in [1.82, 2.24) is 5.32 Å². The van der Waals surface area contributed by atoms with Crippen molar-refractivity contribution in [2.24, 2.45) is 17.8 Å². The van der Waals surface area contributed by atoms with E-state index < -0.39 is 0 Å². The lowest BCUT2D eigenvalue weighted by Crippen LogP contribution is -2.38. The van der Waals surface area contributed by atoms with Gasteiger partial charge in [-0.25, -0.2) is 4.79 Å². The van der Waals surface area contributed by atoms with Crippen LogP contribution in [0, 0.1) is 17.8 Å². The lowest BCUT2D eigenvalue weighted by molar-refractivity contribution is 0.0149. The molecule has 1 aliphatic rings. The van der Waals surface area contributed by atoms with Gasteiger partial charge in [-0.2, -0.15) is 0 Å². The summed E-state index contributed by atoms with van der Waals surface area (Å²) < 4.78 is 10.5. The molecule has 4 nitrogen and oxygen atoms in total. The van der Waals surface area contributed by atoms with E-state index >= 15 is 0 Å². The van der Waals surface area contributed by atoms with Gasteiger partial charge in [-0.15, -0.1) is 0 Å². The number of rotatable bonds is 6. The van der Waals surface area contributed by atoms with E-state index in [0.29, 0.717) is 30.9 Å². The van der Waals surface area contributed by atoms with Gasteiger partial charge in [0.25, 0.3) is 0 Å². The number of ether oxygens (including phenoxy) is 2. The molecule has 112 valence electrons. The van der Waals surface area contributed by atoms with Crippen molar-refractivity contribution in [2.45, 2.75) is 52.6 Å². The number of hydrogen-bond donors (Lipinski definition) is 1. The largest absolute Gasteiger partial charge is 0.446 e. The summed E-state index contributed by atoms with van der Waals surface area (Å²) in [5.41, 5.74) is 0. The maximum atomic E-state index is 11.7. The monoisotopic (exact) mass is 271 g/mol. The molecule has 3 unspecified atom stereocenters. The van der Waals surface area contributed by atoms with Crippen LogP contribution in [-0.4, -0.2) is 32.5 Å². The Morgan fingerprint density at radius 3 is 2.74 bits per heavy atom. The summed E-state index contributed by atoms with van der Waals surface area (Å²) in [5.74, 6) is 1.82. The second-order valence-electron chi connectivity index (χ2n) is 6.17. The van der Waals surface area contributed by atoms with E-state index in [0.717, 1.165) is 12.8 Å². The van der Waals surface area contributed by atoms with Crippen LogP contribution in [0.15, 0.2) is 0 Å². The summed E-state index contributed by atoms with van der Waals surface area (Å²) in [6, 6.07) is 0. The predicted molar refractivity (Wildman–Crippen MR) is 76.1 cm³/mol. The highest BCUT2D eigenvalue weighted by atomic mass is 16.6. The van der Waals surface area contributed by atoms with Crippen molar-refractivity contribution in [1.29, 1.82) is 0 Å². The molecule has 1 aliphatic carbocycles. The van der Waals surface area contributed by atoms with Gasteiger partial charge >= 0.3 is 6.09 Å². The molecule has 0 aliphatic heterocycles. The topological polar surface area (TPSA) is 47.6 Å². The first kappa shape index (κ1) is 16.3. The quantitative estimate of drug-likeness (QED) is 0.755. The average Bonchev–Trinajstić information content (AvgIpc) is 2.32. The molecule has 4 heteroatoms. The van der Waals surface area contributed by atoms with Crippen LogP contribution in [0.3, 0.4) is 0 Å². The third-order valence-corrected chi connectivity index (χ3v) is 3.80. The van der Waals surface area contributed by atoms with Crippen LogP contribution in [0.2, 0.25) is 0 Å². The van der Waals surface area contributed by atoms with Crippen molar-refractivity contribution < 1.29 is 14.3 Å². The first-order valence-electron chi connectivity index (χ1n) is 7.46. The Balaban J connectivity index is 2.42. The lowest BCUT2D eigenvalue weighted by Gasteiger charge is -2.35. The zero-order valence-electron chi connectivity index (χ0n) is 12.8. The van der Waals surface area contributed by atoms with E-state index in [1.807, 2.05) is 0 Å². The van der Waals surface area contributed by atoms with Gasteiger partial charge in [-0.05, 0) is 37.0 Å². The zero-order valence-corrected chi connectivity index (χ0v) is 12.8. The molecule has 1 N–H and O–H groups in total. The Bertz CT molecular complexity index is 268. The summed E-state index contributed by atoms with van der Waals surface area (Å²) >= 11 is 0. The van der Waals surface area contributed by atoms with Gasteiger partial charge in [0.05, 0.1) is 6.61 Å². The molecule has 1 fully saturated rings. The molecule has 0 aromatic carbocycles. The van der Waals surface area contributed by atoms with E-state index in [2.05, 4.69) is 26.1 Å². The van der Waals surface area contributed by atoms with E-state index in [1.165, 1.54) is 12.8 Å². The van der Waals surface area contributed by atoms with Crippen molar-refractivity contribution >= 4 is 6.09 Å². The van der Waals surface area contributed by atoms with Gasteiger partial charge in [-0.3, -0.25) is 0 Å². The van der Waals surface area contributed by atoms with E-state index in [-0.39, 0.29) is 12.2 Å². The van der Waals surface area contributed by atoms with Crippen molar-refractivity contribution in [3.63, 3.8) is 0 Å². The third kappa shape index (κ3) is 6.28. The summed E-state index contributed by atoms with van der Waals surface area (Å²) in [4.78, 5) is 11.7. The molecular formula is C15H29NO3. The third-order valence-electron chi connectivity index (χ3n) is 3.80. The number of amides is 1. The Morgan fingerprint density at radius 2 is 2.11 bits per heavy atom. The smallest absolute Gasteiger partial charge is 0.407 e. The Kier molecular flexibility index (Phi) is 7.21. The summed E-state index contributed by atoms with van der Waals surface area (Å²) in [6.45, 7) is 7.73. The molecule has 0 aromatic rings. The van der Waals surface area contributed by atoms with Crippen LogP contribution in [0.25, 0.3) is 0 Å². The molecule has 1 rings (SSSR count). The summed E-state index contributed by atoms with van der Waals surface area (Å²) in [5, 5.41) is 2.73. The summed E-state index contributed by atoms with van der Waals surface area (Å²) in [7, 11) is 1.62. The Hall–Kier alpha value is -0.770. The second-order valence-corrected chi connectivity index (χ2v) is 6.17. The first-order valence-corrected chi connectivity index (χ1v) is 7.46. The number of carbonyl (C=O) groups excluding carboxylic acids is 1. The molecule has 0 saturated heterocycles. The van der Waals surface area contributed by atoms with Gasteiger partial charge in [-0.1, -0.05) is 27.2 Å². The molecule has 0 bridgehead atoms. The number of alkyl carbamates (subject to hydrolysis) is 1. The fourth-order valence-corrected chi connectivity index (χ4v) is 2.85. The number of hydrogen-bond acceptors (Lipinski definition) is 3. The van der Waals surface area contributed by atoms with Crippen LogP contribution in [0.4, 0.5) is 4.79 Å². The van der Waals surface area contributed by atoms with Gasteiger partial charge < -0.3 is 14.8 Å². The zero-order chi connectivity index (χ0) is 14.3. The van der Waals surface area contributed by atoms with Crippen molar-refractivity contribution in [3.05, 3.63) is 0 Å². The van der Waals surface area contributed by atoms with E-state index in [1.54, 1.807) is 7.11 Å². The first-order chi connectivity index (χ1) is 9.02. The molecule has 0 spiro atoms. The van der Waals surface area contributed by atoms with E-state index in [9.17, 15) is 4.79 Å². The van der Waals surface area contributed by atoms with Crippen molar-refractivity contribution in [3.8, 4) is 0 Å². The minimum atomic E-state index is -0.301.